The van der Waals surface area contributed by atoms with Crippen LogP contribution >= 0.6 is 11.6 Å². The number of hydrogen-bond acceptors (Lipinski definition) is 3. The van der Waals surface area contributed by atoms with Gasteiger partial charge in [0.15, 0.2) is 0 Å². The highest BCUT2D eigenvalue weighted by atomic mass is 35.5. The van der Waals surface area contributed by atoms with Gasteiger partial charge in [0.1, 0.15) is 0 Å². The van der Waals surface area contributed by atoms with Crippen molar-refractivity contribution in [1.29, 1.82) is 0 Å². The molecule has 0 saturated carbocycles. The van der Waals surface area contributed by atoms with Crippen LogP contribution in [0.5, 0.6) is 0 Å². The molecule has 148 valence electrons. The fraction of sp³-hybridized carbons (Fsp3) is 0.0909. The number of hydrogen-bond donors (Lipinski definition) is 3. The lowest BCUT2D eigenvalue weighted by Gasteiger charge is -2.21. The number of primary amides is 1. The van der Waals surface area contributed by atoms with Crippen molar-refractivity contribution < 1.29 is 9.59 Å². The Labute approximate surface area is 174 Å². The van der Waals surface area contributed by atoms with Crippen molar-refractivity contribution in [2.24, 2.45) is 5.73 Å². The topological polar surface area (TPSA) is 87.5 Å². The van der Waals surface area contributed by atoms with Crippen LogP contribution in [0.4, 0.5) is 27.5 Å². The largest absolute Gasteiger partial charge is 0.355 e. The van der Waals surface area contributed by atoms with Gasteiger partial charge in [0, 0.05) is 28.6 Å². The summed E-state index contributed by atoms with van der Waals surface area (Å²) >= 11 is 6.00. The molecule has 0 heterocycles. The Kier molecular flexibility index (Phi) is 6.36. The van der Waals surface area contributed by atoms with Crippen LogP contribution in [-0.4, -0.2) is 18.5 Å². The standard InChI is InChI=1S/C22H21ClN4O2/c1-2-27(22(24)29)18-11-12-19(20(14-18)25-16-8-4-3-5-9-16)21(28)26-17-10-6-7-15(23)13-17/h3-14,25H,2H2,1H3,(H2,24,29)(H,26,28). The molecule has 0 saturated heterocycles. The first-order valence-electron chi connectivity index (χ1n) is 9.08. The van der Waals surface area contributed by atoms with Gasteiger partial charge in [-0.1, -0.05) is 35.9 Å². The molecule has 0 unspecified atom stereocenters. The third-order valence-corrected chi connectivity index (χ3v) is 4.51. The first-order valence-corrected chi connectivity index (χ1v) is 9.45. The van der Waals surface area contributed by atoms with Gasteiger partial charge in [0.25, 0.3) is 5.91 Å². The lowest BCUT2D eigenvalue weighted by Crippen LogP contribution is -2.35. The molecule has 0 radical (unpaired) electrons. The number of nitrogens with two attached hydrogens (primary N) is 1. The number of rotatable bonds is 6. The predicted molar refractivity (Wildman–Crippen MR) is 118 cm³/mol. The van der Waals surface area contributed by atoms with Crippen LogP contribution in [0, 0.1) is 0 Å². The van der Waals surface area contributed by atoms with Gasteiger partial charge < -0.3 is 16.4 Å². The van der Waals surface area contributed by atoms with E-state index in [1.54, 1.807) is 42.5 Å². The molecular formula is C22H21ClN4O2. The van der Waals surface area contributed by atoms with E-state index in [4.69, 9.17) is 17.3 Å². The van der Waals surface area contributed by atoms with E-state index >= 15 is 0 Å². The van der Waals surface area contributed by atoms with Crippen molar-refractivity contribution in [2.75, 3.05) is 22.1 Å². The fourth-order valence-corrected chi connectivity index (χ4v) is 3.10. The van der Waals surface area contributed by atoms with Crippen molar-refractivity contribution in [3.63, 3.8) is 0 Å². The first-order chi connectivity index (χ1) is 14.0. The summed E-state index contributed by atoms with van der Waals surface area (Å²) in [6, 6.07) is 20.9. The third-order valence-electron chi connectivity index (χ3n) is 4.28. The van der Waals surface area contributed by atoms with Crippen molar-refractivity contribution in [1.82, 2.24) is 0 Å². The highest BCUT2D eigenvalue weighted by Crippen LogP contribution is 2.28. The number of nitrogens with zero attached hydrogens (tertiary/aromatic N) is 1. The molecule has 0 atom stereocenters. The summed E-state index contributed by atoms with van der Waals surface area (Å²) < 4.78 is 0. The molecule has 0 spiro atoms. The van der Waals surface area contributed by atoms with Crippen LogP contribution in [0.2, 0.25) is 5.02 Å². The minimum Gasteiger partial charge on any atom is -0.355 e. The lowest BCUT2D eigenvalue weighted by molar-refractivity contribution is 0.102. The maximum absolute atomic E-state index is 12.9. The highest BCUT2D eigenvalue weighted by Gasteiger charge is 2.17. The molecule has 0 aromatic heterocycles. The Hall–Kier alpha value is -3.51. The number of anilines is 4. The van der Waals surface area contributed by atoms with Gasteiger partial charge in [-0.25, -0.2) is 4.79 Å². The summed E-state index contributed by atoms with van der Waals surface area (Å²) in [5.41, 5.74) is 8.43. The van der Waals surface area contributed by atoms with Crippen LogP contribution in [0.3, 0.4) is 0 Å². The summed E-state index contributed by atoms with van der Waals surface area (Å²) in [6.45, 7) is 2.24. The predicted octanol–water partition coefficient (Wildman–Crippen LogP) is 5.24. The third kappa shape index (κ3) is 5.06. The molecule has 3 rings (SSSR count). The number of carbonyl (C=O) groups is 2. The molecule has 0 bridgehead atoms. The average Bonchev–Trinajstić information content (AvgIpc) is 2.69. The molecule has 6 nitrogen and oxygen atoms in total. The molecule has 0 fully saturated rings. The molecule has 4 N–H and O–H groups in total. The maximum Gasteiger partial charge on any atom is 0.319 e. The molecule has 3 aromatic carbocycles. The van der Waals surface area contributed by atoms with E-state index < -0.39 is 6.03 Å². The molecule has 0 aliphatic rings. The van der Waals surface area contributed by atoms with Crippen molar-refractivity contribution in [2.45, 2.75) is 6.92 Å². The molecule has 29 heavy (non-hydrogen) atoms. The normalized spacial score (nSPS) is 10.3. The first kappa shape index (κ1) is 20.2. The molecule has 3 aromatic rings. The van der Waals surface area contributed by atoms with Gasteiger partial charge >= 0.3 is 6.03 Å². The van der Waals surface area contributed by atoms with Crippen molar-refractivity contribution in [3.05, 3.63) is 83.4 Å². The summed E-state index contributed by atoms with van der Waals surface area (Å²) in [5, 5.41) is 6.61. The monoisotopic (exact) mass is 408 g/mol. The second kappa shape index (κ2) is 9.12. The zero-order chi connectivity index (χ0) is 20.8. The number of carbonyl (C=O) groups excluding carboxylic acids is 2. The van der Waals surface area contributed by atoms with Gasteiger partial charge in [0.2, 0.25) is 0 Å². The Morgan fingerprint density at radius 1 is 0.966 bits per heavy atom. The van der Waals surface area contributed by atoms with Crippen LogP contribution < -0.4 is 21.3 Å². The minimum atomic E-state index is -0.561. The number of para-hydroxylation sites is 1. The van der Waals surface area contributed by atoms with Crippen LogP contribution in [0.25, 0.3) is 0 Å². The molecule has 3 amide bonds. The van der Waals surface area contributed by atoms with E-state index in [1.165, 1.54) is 4.90 Å². The van der Waals surface area contributed by atoms with Gasteiger partial charge in [-0.05, 0) is 55.5 Å². The Morgan fingerprint density at radius 3 is 2.34 bits per heavy atom. The van der Waals surface area contributed by atoms with Gasteiger partial charge in [-0.2, -0.15) is 0 Å². The zero-order valence-corrected chi connectivity index (χ0v) is 16.6. The quantitative estimate of drug-likeness (QED) is 0.521. The van der Waals surface area contributed by atoms with Gasteiger partial charge in [-0.3, -0.25) is 9.69 Å². The fourth-order valence-electron chi connectivity index (χ4n) is 2.91. The maximum atomic E-state index is 12.9. The van der Waals surface area contributed by atoms with Crippen LogP contribution in [0.1, 0.15) is 17.3 Å². The van der Waals surface area contributed by atoms with E-state index in [2.05, 4.69) is 10.6 Å². The van der Waals surface area contributed by atoms with E-state index in [0.717, 1.165) is 5.69 Å². The minimum absolute atomic E-state index is 0.306. The number of halogens is 1. The van der Waals surface area contributed by atoms with Gasteiger partial charge in [0.05, 0.1) is 11.3 Å². The Bertz CT molecular complexity index is 1020. The Morgan fingerprint density at radius 2 is 1.69 bits per heavy atom. The van der Waals surface area contributed by atoms with Gasteiger partial charge in [-0.15, -0.1) is 0 Å². The molecule has 7 heteroatoms. The molecule has 0 aliphatic heterocycles. The summed E-state index contributed by atoms with van der Waals surface area (Å²) in [6.07, 6.45) is 0. The van der Waals surface area contributed by atoms with E-state index in [0.29, 0.717) is 34.2 Å². The Balaban J connectivity index is 1.97. The van der Waals surface area contributed by atoms with E-state index in [-0.39, 0.29) is 5.91 Å². The van der Waals surface area contributed by atoms with Crippen LogP contribution in [0.15, 0.2) is 72.8 Å². The summed E-state index contributed by atoms with van der Waals surface area (Å²) in [7, 11) is 0. The van der Waals surface area contributed by atoms with Crippen molar-refractivity contribution >= 4 is 46.3 Å². The smallest absolute Gasteiger partial charge is 0.319 e. The summed E-state index contributed by atoms with van der Waals surface area (Å²) in [4.78, 5) is 26.1. The van der Waals surface area contributed by atoms with Crippen LogP contribution in [-0.2, 0) is 0 Å². The van der Waals surface area contributed by atoms with E-state index in [9.17, 15) is 9.59 Å². The highest BCUT2D eigenvalue weighted by molar-refractivity contribution is 6.31. The zero-order valence-electron chi connectivity index (χ0n) is 15.9. The number of urea groups is 1. The summed E-state index contributed by atoms with van der Waals surface area (Å²) in [5.74, 6) is -0.306. The average molecular weight is 409 g/mol. The number of benzene rings is 3. The number of amides is 3. The number of nitrogens with one attached hydrogen (secondary N) is 2. The van der Waals surface area contributed by atoms with E-state index in [1.807, 2.05) is 37.3 Å². The lowest BCUT2D eigenvalue weighted by atomic mass is 10.1. The second-order valence-corrected chi connectivity index (χ2v) is 6.70. The molecule has 0 aliphatic carbocycles. The molecular weight excluding hydrogens is 388 g/mol. The van der Waals surface area contributed by atoms with Crippen molar-refractivity contribution in [3.8, 4) is 0 Å². The SMILES string of the molecule is CCN(C(N)=O)c1ccc(C(=O)Nc2cccc(Cl)c2)c(Nc2ccccc2)c1. The second-order valence-electron chi connectivity index (χ2n) is 6.27.